The van der Waals surface area contributed by atoms with Crippen molar-refractivity contribution in [1.29, 1.82) is 0 Å². The van der Waals surface area contributed by atoms with E-state index in [1.165, 1.54) is 10.4 Å². The Bertz CT molecular complexity index is 496. The van der Waals surface area contributed by atoms with Crippen molar-refractivity contribution in [3.63, 3.8) is 0 Å². The van der Waals surface area contributed by atoms with Gasteiger partial charge in [0.25, 0.3) is 0 Å². The van der Waals surface area contributed by atoms with Crippen molar-refractivity contribution in [2.24, 2.45) is 0 Å². The molecule has 1 N–H and O–H groups in total. The van der Waals surface area contributed by atoms with Gasteiger partial charge in [-0.1, -0.05) is 30.3 Å². The molecular weight excluding hydrogens is 320 g/mol. The van der Waals surface area contributed by atoms with Gasteiger partial charge in [-0.05, 0) is 41.7 Å². The van der Waals surface area contributed by atoms with Gasteiger partial charge < -0.3 is 10.2 Å². The van der Waals surface area contributed by atoms with Crippen LogP contribution in [0, 0.1) is 0 Å². The molecule has 0 aliphatic rings. The number of nitrogens with one attached hydrogen (secondary N) is 1. The molecule has 0 aliphatic carbocycles. The number of benzene rings is 1. The second kappa shape index (κ2) is 7.20. The van der Waals surface area contributed by atoms with Gasteiger partial charge in [0, 0.05) is 33.9 Å². The number of halogens is 1. The molecule has 1 heterocycles. The number of hydrogen-bond acceptors (Lipinski definition) is 3. The van der Waals surface area contributed by atoms with E-state index >= 15 is 0 Å². The molecule has 2 rings (SSSR count). The Morgan fingerprint density at radius 2 is 2.00 bits per heavy atom. The Morgan fingerprint density at radius 1 is 1.26 bits per heavy atom. The first-order chi connectivity index (χ1) is 9.15. The topological polar surface area (TPSA) is 15.3 Å². The van der Waals surface area contributed by atoms with Gasteiger partial charge in [-0.15, -0.1) is 11.3 Å². The normalized spacial score (nSPS) is 12.8. The second-order valence-corrected chi connectivity index (χ2v) is 6.75. The summed E-state index contributed by atoms with van der Waals surface area (Å²) in [6, 6.07) is 13.2. The van der Waals surface area contributed by atoms with Crippen molar-refractivity contribution in [3.05, 3.63) is 56.7 Å². The summed E-state index contributed by atoms with van der Waals surface area (Å²) < 4.78 is 1.16. The molecule has 19 heavy (non-hydrogen) atoms. The van der Waals surface area contributed by atoms with Crippen molar-refractivity contribution in [1.82, 2.24) is 10.2 Å². The minimum absolute atomic E-state index is 0.358. The summed E-state index contributed by atoms with van der Waals surface area (Å²) in [5.41, 5.74) is 1.34. The van der Waals surface area contributed by atoms with Crippen molar-refractivity contribution in [3.8, 4) is 0 Å². The van der Waals surface area contributed by atoms with Crippen LogP contribution in [0.15, 0.2) is 46.3 Å². The summed E-state index contributed by atoms with van der Waals surface area (Å²) in [7, 11) is 4.22. The smallest absolute Gasteiger partial charge is 0.0451 e. The predicted molar refractivity (Wildman–Crippen MR) is 86.6 cm³/mol. The Balaban J connectivity index is 2.02. The third-order valence-electron chi connectivity index (χ3n) is 2.89. The zero-order chi connectivity index (χ0) is 13.7. The van der Waals surface area contributed by atoms with Gasteiger partial charge in [0.2, 0.25) is 0 Å². The molecule has 4 heteroatoms. The van der Waals surface area contributed by atoms with Gasteiger partial charge in [-0.3, -0.25) is 0 Å². The zero-order valence-corrected chi connectivity index (χ0v) is 13.7. The van der Waals surface area contributed by atoms with E-state index in [9.17, 15) is 0 Å². The van der Waals surface area contributed by atoms with Crippen LogP contribution in [0.5, 0.6) is 0 Å². The molecule has 1 aromatic carbocycles. The van der Waals surface area contributed by atoms with E-state index < -0.39 is 0 Å². The van der Waals surface area contributed by atoms with Crippen LogP contribution in [0.1, 0.15) is 16.5 Å². The van der Waals surface area contributed by atoms with Crippen LogP contribution in [-0.2, 0) is 6.54 Å². The highest BCUT2D eigenvalue weighted by atomic mass is 79.9. The SMILES string of the molecule is CN(C)CC(NCc1cc(Br)cs1)c1ccccc1. The summed E-state index contributed by atoms with van der Waals surface area (Å²) in [4.78, 5) is 3.57. The fourth-order valence-electron chi connectivity index (χ4n) is 2.01. The standard InChI is InChI=1S/C15H19BrN2S/c1-18(2)10-15(12-6-4-3-5-7-12)17-9-14-8-13(16)11-19-14/h3-8,11,15,17H,9-10H2,1-2H3. The third kappa shape index (κ3) is 4.73. The first-order valence-corrected chi connectivity index (χ1v) is 7.98. The van der Waals surface area contributed by atoms with E-state index in [4.69, 9.17) is 0 Å². The molecule has 0 bridgehead atoms. The molecule has 1 unspecified atom stereocenters. The lowest BCUT2D eigenvalue weighted by molar-refractivity contribution is 0.341. The number of rotatable bonds is 6. The molecular formula is C15H19BrN2S. The van der Waals surface area contributed by atoms with E-state index in [-0.39, 0.29) is 0 Å². The van der Waals surface area contributed by atoms with Crippen LogP contribution in [0.3, 0.4) is 0 Å². The summed E-state index contributed by atoms with van der Waals surface area (Å²) >= 11 is 5.28. The molecule has 1 aromatic heterocycles. The van der Waals surface area contributed by atoms with E-state index in [2.05, 4.69) is 82.0 Å². The van der Waals surface area contributed by atoms with Crippen molar-refractivity contribution in [2.75, 3.05) is 20.6 Å². The number of nitrogens with zero attached hydrogens (tertiary/aromatic N) is 1. The fourth-order valence-corrected chi connectivity index (χ4v) is 3.41. The predicted octanol–water partition coefficient (Wildman–Crippen LogP) is 3.90. The molecule has 0 amide bonds. The zero-order valence-electron chi connectivity index (χ0n) is 11.3. The van der Waals surface area contributed by atoms with Crippen LogP contribution in [0.4, 0.5) is 0 Å². The Labute approximate surface area is 127 Å². The van der Waals surface area contributed by atoms with Crippen LogP contribution in [-0.4, -0.2) is 25.5 Å². The molecule has 0 aliphatic heterocycles. The number of thiophene rings is 1. The molecule has 0 fully saturated rings. The number of likely N-dealkylation sites (N-methyl/N-ethyl adjacent to an activating group) is 1. The van der Waals surface area contributed by atoms with Gasteiger partial charge in [-0.2, -0.15) is 0 Å². The molecule has 2 nitrogen and oxygen atoms in total. The average Bonchev–Trinajstić information content (AvgIpc) is 2.81. The van der Waals surface area contributed by atoms with Crippen LogP contribution in [0.2, 0.25) is 0 Å². The third-order valence-corrected chi connectivity index (χ3v) is 4.59. The van der Waals surface area contributed by atoms with E-state index in [0.29, 0.717) is 6.04 Å². The Hall–Kier alpha value is -0.680. The Kier molecular flexibility index (Phi) is 5.58. The summed E-state index contributed by atoms with van der Waals surface area (Å²) in [6.45, 7) is 1.90. The molecule has 1 atom stereocenters. The van der Waals surface area contributed by atoms with Gasteiger partial charge in [-0.25, -0.2) is 0 Å². The molecule has 2 aromatic rings. The molecule has 0 radical (unpaired) electrons. The maximum absolute atomic E-state index is 3.64. The lowest BCUT2D eigenvalue weighted by Crippen LogP contribution is -2.30. The highest BCUT2D eigenvalue weighted by Crippen LogP contribution is 2.21. The van der Waals surface area contributed by atoms with E-state index in [1.54, 1.807) is 11.3 Å². The van der Waals surface area contributed by atoms with Crippen LogP contribution < -0.4 is 5.32 Å². The van der Waals surface area contributed by atoms with E-state index in [1.807, 2.05) is 0 Å². The maximum atomic E-state index is 3.64. The monoisotopic (exact) mass is 338 g/mol. The van der Waals surface area contributed by atoms with Crippen molar-refractivity contribution in [2.45, 2.75) is 12.6 Å². The lowest BCUT2D eigenvalue weighted by Gasteiger charge is -2.22. The highest BCUT2D eigenvalue weighted by molar-refractivity contribution is 9.10. The van der Waals surface area contributed by atoms with Gasteiger partial charge in [0.15, 0.2) is 0 Å². The number of hydrogen-bond donors (Lipinski definition) is 1. The highest BCUT2D eigenvalue weighted by Gasteiger charge is 2.12. The quantitative estimate of drug-likeness (QED) is 0.859. The first-order valence-electron chi connectivity index (χ1n) is 6.31. The lowest BCUT2D eigenvalue weighted by atomic mass is 10.1. The second-order valence-electron chi connectivity index (χ2n) is 4.84. The summed E-state index contributed by atoms with van der Waals surface area (Å²) in [5.74, 6) is 0. The molecule has 102 valence electrons. The van der Waals surface area contributed by atoms with Gasteiger partial charge in [0.1, 0.15) is 0 Å². The van der Waals surface area contributed by atoms with Crippen molar-refractivity contribution < 1.29 is 0 Å². The van der Waals surface area contributed by atoms with E-state index in [0.717, 1.165) is 17.6 Å². The van der Waals surface area contributed by atoms with Gasteiger partial charge in [0.05, 0.1) is 0 Å². The molecule has 0 saturated carbocycles. The average molecular weight is 339 g/mol. The summed E-state index contributed by atoms with van der Waals surface area (Å²) in [5, 5.41) is 5.77. The maximum Gasteiger partial charge on any atom is 0.0451 e. The minimum Gasteiger partial charge on any atom is -0.308 e. The summed E-state index contributed by atoms with van der Waals surface area (Å²) in [6.07, 6.45) is 0. The fraction of sp³-hybridized carbons (Fsp3) is 0.333. The minimum atomic E-state index is 0.358. The van der Waals surface area contributed by atoms with Gasteiger partial charge >= 0.3 is 0 Å². The molecule has 0 spiro atoms. The first kappa shape index (κ1) is 14.7. The van der Waals surface area contributed by atoms with Crippen LogP contribution in [0.25, 0.3) is 0 Å². The largest absolute Gasteiger partial charge is 0.308 e. The Morgan fingerprint density at radius 3 is 2.58 bits per heavy atom. The van der Waals surface area contributed by atoms with Crippen LogP contribution >= 0.6 is 27.3 Å². The van der Waals surface area contributed by atoms with Crippen molar-refractivity contribution >= 4 is 27.3 Å². The molecule has 0 saturated heterocycles.